The topological polar surface area (TPSA) is 61.1 Å². The van der Waals surface area contributed by atoms with Crippen LogP contribution in [0.15, 0.2) is 41.0 Å². The first kappa shape index (κ1) is 16.2. The summed E-state index contributed by atoms with van der Waals surface area (Å²) in [6.07, 6.45) is 1.62. The van der Waals surface area contributed by atoms with Gasteiger partial charge >= 0.3 is 0 Å². The van der Waals surface area contributed by atoms with Crippen LogP contribution in [0, 0.1) is 4.94 Å². The Hall–Kier alpha value is -2.65. The summed E-state index contributed by atoms with van der Waals surface area (Å²) in [6, 6.07) is 8.74. The predicted octanol–water partition coefficient (Wildman–Crippen LogP) is 4.51. The van der Waals surface area contributed by atoms with Crippen molar-refractivity contribution in [2.24, 2.45) is 0 Å². The van der Waals surface area contributed by atoms with Crippen LogP contribution in [0.25, 0.3) is 22.1 Å². The van der Waals surface area contributed by atoms with Crippen molar-refractivity contribution >= 4 is 19.8 Å². The molecule has 3 rings (SSSR count). The molecule has 124 valence electrons. The van der Waals surface area contributed by atoms with Crippen LogP contribution >= 0.6 is 8.86 Å². The number of benzene rings is 2. The second-order valence-corrected chi connectivity index (χ2v) is 5.61. The van der Waals surface area contributed by atoms with Gasteiger partial charge in [-0.3, -0.25) is 0 Å². The Morgan fingerprint density at radius 1 is 0.958 bits per heavy atom. The van der Waals surface area contributed by atoms with Crippen molar-refractivity contribution in [2.45, 2.75) is 0 Å². The highest BCUT2D eigenvalue weighted by molar-refractivity contribution is 7.07. The molecule has 2 aromatic carbocycles. The van der Waals surface area contributed by atoms with Gasteiger partial charge in [0.15, 0.2) is 11.5 Å². The predicted molar refractivity (Wildman–Crippen MR) is 94.5 cm³/mol. The van der Waals surface area contributed by atoms with Gasteiger partial charge in [-0.15, -0.1) is 8.86 Å². The number of phenols is 1. The van der Waals surface area contributed by atoms with Crippen LogP contribution < -0.4 is 14.2 Å². The molecule has 1 heterocycles. The highest BCUT2D eigenvalue weighted by atomic mass is 31.0. The van der Waals surface area contributed by atoms with E-state index in [0.717, 1.165) is 21.5 Å². The van der Waals surface area contributed by atoms with Crippen molar-refractivity contribution in [3.8, 4) is 34.1 Å². The van der Waals surface area contributed by atoms with Gasteiger partial charge in [0.05, 0.1) is 33.0 Å². The summed E-state index contributed by atoms with van der Waals surface area (Å²) in [5.74, 6) is 1.74. The third-order valence-electron chi connectivity index (χ3n) is 3.81. The van der Waals surface area contributed by atoms with Gasteiger partial charge in [-0.1, -0.05) is 6.07 Å². The molecule has 0 aliphatic heterocycles. The van der Waals surface area contributed by atoms with Crippen LogP contribution in [-0.4, -0.2) is 26.4 Å². The molecule has 3 aromatic rings. The molecule has 0 aliphatic rings. The average Bonchev–Trinajstić information content (AvgIpc) is 2.60. The number of methoxy groups -OCH3 is 3. The van der Waals surface area contributed by atoms with Crippen LogP contribution in [0.4, 0.5) is 0 Å². The first-order valence-electron chi connectivity index (χ1n) is 7.18. The molecular weight excluding hydrogens is 327 g/mol. The lowest BCUT2D eigenvalue weighted by Gasteiger charge is -2.11. The van der Waals surface area contributed by atoms with E-state index in [2.05, 4.69) is 8.86 Å². The van der Waals surface area contributed by atoms with E-state index in [-0.39, 0.29) is 5.75 Å². The van der Waals surface area contributed by atoms with E-state index in [1.807, 2.05) is 6.07 Å². The third kappa shape index (κ3) is 2.68. The minimum atomic E-state index is 0.0582. The Bertz CT molecular complexity index is 962. The number of phenolic OH excluding ortho intramolecular Hbond substituents is 1. The largest absolute Gasteiger partial charge is 0.504 e. The standard InChI is InChI=1S/C18H17O5P/c1-20-11-7-15(22-3)17-16(8-11)23-9-12(18(17)24)10-4-5-14(21-2)13(19)6-10/h4-9,19,24H,1-3H3. The van der Waals surface area contributed by atoms with E-state index >= 15 is 0 Å². The van der Waals surface area contributed by atoms with E-state index < -0.39 is 0 Å². The summed E-state index contributed by atoms with van der Waals surface area (Å²) < 4.78 is 21.6. The number of hydrogen-bond donors (Lipinski definition) is 1. The zero-order valence-electron chi connectivity index (χ0n) is 13.5. The number of ether oxygens (including phenoxy) is 3. The Morgan fingerprint density at radius 2 is 1.71 bits per heavy atom. The average molecular weight is 344 g/mol. The summed E-state index contributed by atoms with van der Waals surface area (Å²) >= 11 is 0. The zero-order chi connectivity index (χ0) is 17.3. The fourth-order valence-electron chi connectivity index (χ4n) is 2.57. The first-order chi connectivity index (χ1) is 11.6. The van der Waals surface area contributed by atoms with Gasteiger partial charge in [0.1, 0.15) is 17.1 Å². The Kier molecular flexibility index (Phi) is 4.36. The number of fused-ring (bicyclic) bond motifs is 1. The number of rotatable bonds is 4. The lowest BCUT2D eigenvalue weighted by molar-refractivity contribution is 0.373. The molecule has 0 bridgehead atoms. The van der Waals surface area contributed by atoms with E-state index in [0.29, 0.717) is 22.8 Å². The summed E-state index contributed by atoms with van der Waals surface area (Å²) in [6.45, 7) is 0. The molecule has 0 fully saturated rings. The van der Waals surface area contributed by atoms with Gasteiger partial charge in [0, 0.05) is 22.6 Å². The summed E-state index contributed by atoms with van der Waals surface area (Å²) in [5.41, 5.74) is 2.18. The van der Waals surface area contributed by atoms with Crippen LogP contribution in [0.3, 0.4) is 0 Å². The molecule has 0 aliphatic carbocycles. The number of aromatic hydroxyl groups is 1. The number of hydrogen-bond acceptors (Lipinski definition) is 5. The lowest BCUT2D eigenvalue weighted by Crippen LogP contribution is -1.91. The monoisotopic (exact) mass is 344 g/mol. The molecule has 0 amide bonds. The Balaban J connectivity index is 2.26. The highest BCUT2D eigenvalue weighted by Crippen LogP contribution is 2.38. The molecule has 0 unspecified atom stereocenters. The van der Waals surface area contributed by atoms with Gasteiger partial charge in [-0.05, 0) is 17.7 Å². The van der Waals surface area contributed by atoms with Gasteiger partial charge in [0.25, 0.3) is 0 Å². The molecule has 24 heavy (non-hydrogen) atoms. The molecule has 0 saturated heterocycles. The van der Waals surface area contributed by atoms with Crippen molar-refractivity contribution in [3.05, 3.63) is 41.5 Å². The Labute approximate surface area is 141 Å². The van der Waals surface area contributed by atoms with Gasteiger partial charge < -0.3 is 23.7 Å². The molecule has 1 N–H and O–H groups in total. The minimum absolute atomic E-state index is 0.0582. The maximum Gasteiger partial charge on any atom is 0.160 e. The van der Waals surface area contributed by atoms with Gasteiger partial charge in [0.2, 0.25) is 0 Å². The summed E-state index contributed by atoms with van der Waals surface area (Å²) in [7, 11) is 8.37. The second-order valence-electron chi connectivity index (χ2n) is 5.11. The van der Waals surface area contributed by atoms with Crippen LogP contribution in [0.2, 0.25) is 0 Å². The molecule has 0 saturated carbocycles. The third-order valence-corrected chi connectivity index (χ3v) is 4.33. The maximum atomic E-state index is 10.0. The van der Waals surface area contributed by atoms with Crippen LogP contribution in [-0.2, 0) is 0 Å². The summed E-state index contributed by atoms with van der Waals surface area (Å²) in [4.78, 5) is 0.792. The normalized spacial score (nSPS) is 10.6. The molecule has 0 spiro atoms. The maximum absolute atomic E-state index is 10.0. The molecule has 1 aromatic heterocycles. The summed E-state index contributed by atoms with van der Waals surface area (Å²) in [5, 5.41) is 10.8. The van der Waals surface area contributed by atoms with Crippen molar-refractivity contribution < 1.29 is 23.7 Å². The van der Waals surface area contributed by atoms with Crippen LogP contribution in [0.1, 0.15) is 0 Å². The van der Waals surface area contributed by atoms with Gasteiger partial charge in [-0.25, -0.2) is 0 Å². The first-order valence-corrected chi connectivity index (χ1v) is 7.68. The highest BCUT2D eigenvalue weighted by Gasteiger charge is 2.13. The minimum Gasteiger partial charge on any atom is -0.504 e. The van der Waals surface area contributed by atoms with Crippen molar-refractivity contribution in [2.75, 3.05) is 21.3 Å². The van der Waals surface area contributed by atoms with Crippen molar-refractivity contribution in [3.63, 3.8) is 0 Å². The van der Waals surface area contributed by atoms with Crippen molar-refractivity contribution in [1.29, 1.82) is 0 Å². The fourth-order valence-corrected chi connectivity index (χ4v) is 3.02. The quantitative estimate of drug-likeness (QED) is 0.706. The van der Waals surface area contributed by atoms with Crippen LogP contribution in [0.5, 0.6) is 23.0 Å². The second kappa shape index (κ2) is 6.46. The molecule has 5 nitrogen and oxygen atoms in total. The van der Waals surface area contributed by atoms with E-state index in [9.17, 15) is 5.11 Å². The lowest BCUT2D eigenvalue weighted by atomic mass is 10.0. The van der Waals surface area contributed by atoms with E-state index in [1.165, 1.54) is 7.11 Å². The van der Waals surface area contributed by atoms with E-state index in [4.69, 9.17) is 18.6 Å². The zero-order valence-corrected chi connectivity index (χ0v) is 14.5. The molecule has 0 atom stereocenters. The Morgan fingerprint density at radius 3 is 2.33 bits per heavy atom. The van der Waals surface area contributed by atoms with Crippen molar-refractivity contribution in [1.82, 2.24) is 0 Å². The molecule has 6 heteroatoms. The van der Waals surface area contributed by atoms with Gasteiger partial charge in [-0.2, -0.15) is 0 Å². The smallest absolute Gasteiger partial charge is 0.160 e. The molecular formula is C18H17O5P. The fraction of sp³-hybridized carbons (Fsp3) is 0.167. The van der Waals surface area contributed by atoms with E-state index in [1.54, 1.807) is 44.7 Å². The molecule has 0 radical (unpaired) electrons. The SMILES string of the molecule is COc1cc(OC)c2c(=P)c(-c3ccc(OC)c(O)c3)coc2c1.